The Bertz CT molecular complexity index is 2850. The number of benzene rings is 6. The number of hydrogen-bond acceptors (Lipinski definition) is 18. The van der Waals surface area contributed by atoms with Gasteiger partial charge in [0.1, 0.15) is 18.8 Å². The highest BCUT2D eigenvalue weighted by Crippen LogP contribution is 2.34. The van der Waals surface area contributed by atoms with E-state index in [0.717, 1.165) is 6.92 Å². The summed E-state index contributed by atoms with van der Waals surface area (Å²) in [4.78, 5) is 96.0. The minimum absolute atomic E-state index is 0.0324. The first-order valence-electron chi connectivity index (χ1n) is 23.2. The fourth-order valence-electron chi connectivity index (χ4n) is 7.96. The summed E-state index contributed by atoms with van der Waals surface area (Å²) in [6, 6.07) is 46.3. The summed E-state index contributed by atoms with van der Waals surface area (Å²) in [7, 11) is 0. The standard InChI is InChI=1S/C56H48O18/c1-34(57)65-32-42-44(70-50(59)36-22-10-3-11-23-36)46(72-52(61)38-26-14-5-15-27-38)48(74-54(63)40-30-18-7-19-31-40)56(68-42)66-33-41-43(69-49(58)35-20-8-2-9-21-35)45(71-51(60)37-24-12-4-13-25-37)47(55(64)67-41)73-53(62)39-28-16-6-17-29-39/h2-31,41-48,55-56,64H,32-33H2,1H3/t41-,42-,43-,44-,45+,46+,47+,48+,55+,56+/m1/s1. The molecule has 2 fully saturated rings. The molecule has 0 aliphatic carbocycles. The summed E-state index contributed by atoms with van der Waals surface area (Å²) in [6.07, 6.45) is -17.9. The van der Waals surface area contributed by atoms with Crippen molar-refractivity contribution in [1.82, 2.24) is 0 Å². The molecule has 18 nitrogen and oxygen atoms in total. The molecule has 0 spiro atoms. The van der Waals surface area contributed by atoms with E-state index in [4.69, 9.17) is 47.4 Å². The summed E-state index contributed by atoms with van der Waals surface area (Å²) in [5.41, 5.74) is 0.284. The molecular weight excluding hydrogens is 961 g/mol. The second-order valence-corrected chi connectivity index (χ2v) is 16.7. The van der Waals surface area contributed by atoms with Gasteiger partial charge in [-0.25, -0.2) is 28.8 Å². The predicted octanol–water partition coefficient (Wildman–Crippen LogP) is 6.36. The van der Waals surface area contributed by atoms with Crippen LogP contribution in [0, 0.1) is 0 Å². The molecule has 0 aromatic heterocycles. The van der Waals surface area contributed by atoms with Crippen molar-refractivity contribution in [1.29, 1.82) is 0 Å². The van der Waals surface area contributed by atoms with Crippen molar-refractivity contribution in [2.45, 2.75) is 68.3 Å². The molecule has 2 saturated heterocycles. The first-order valence-corrected chi connectivity index (χ1v) is 23.2. The third kappa shape index (κ3) is 13.1. The molecule has 18 heteroatoms. The first kappa shape index (κ1) is 51.8. The Balaban J connectivity index is 1.19. The predicted molar refractivity (Wildman–Crippen MR) is 256 cm³/mol. The van der Waals surface area contributed by atoms with Crippen molar-refractivity contribution in [3.8, 4) is 0 Å². The number of carbonyl (C=O) groups excluding carboxylic acids is 7. The van der Waals surface area contributed by atoms with Crippen molar-refractivity contribution >= 4 is 41.8 Å². The van der Waals surface area contributed by atoms with E-state index < -0.39 is 116 Å². The van der Waals surface area contributed by atoms with Crippen LogP contribution in [0.25, 0.3) is 0 Å². The Morgan fingerprint density at radius 1 is 0.365 bits per heavy atom. The minimum Gasteiger partial charge on any atom is -0.463 e. The minimum atomic E-state index is -2.10. The fourth-order valence-corrected chi connectivity index (χ4v) is 7.96. The number of aliphatic hydroxyl groups is 1. The van der Waals surface area contributed by atoms with Gasteiger partial charge < -0.3 is 52.5 Å². The lowest BCUT2D eigenvalue weighted by molar-refractivity contribution is -0.323. The average Bonchev–Trinajstić information content (AvgIpc) is 3.44. The molecule has 0 unspecified atom stereocenters. The Kier molecular flexibility index (Phi) is 17.3. The molecule has 0 radical (unpaired) electrons. The number of esters is 7. The van der Waals surface area contributed by atoms with Gasteiger partial charge in [-0.05, 0) is 72.8 Å². The number of rotatable bonds is 17. The lowest BCUT2D eigenvalue weighted by Gasteiger charge is -2.46. The van der Waals surface area contributed by atoms with Crippen LogP contribution >= 0.6 is 0 Å². The SMILES string of the molecule is CC(=O)OC[C@H]1O[C@H](OC[C@H]2O[C@H](O)[C@@H](OC(=O)c3ccccc3)[C@@H](OC(=O)c3ccccc3)[C@@H]2OC(=O)c2ccccc2)[C@@H](OC(=O)c2ccccc2)[C@@H](OC(=O)c2ccccc2)[C@@H]1OC(=O)c1ccccc1. The van der Waals surface area contributed by atoms with Gasteiger partial charge in [-0.15, -0.1) is 0 Å². The monoisotopic (exact) mass is 1010 g/mol. The lowest BCUT2D eigenvalue weighted by Crippen LogP contribution is -2.65. The number of carbonyl (C=O) groups is 7. The van der Waals surface area contributed by atoms with E-state index in [9.17, 15) is 38.7 Å². The third-order valence-electron chi connectivity index (χ3n) is 11.6. The Labute approximate surface area is 423 Å². The fraction of sp³-hybridized carbons (Fsp3) is 0.232. The highest BCUT2D eigenvalue weighted by molar-refractivity contribution is 5.92. The number of ether oxygens (including phenoxy) is 10. The maximum atomic E-state index is 14.1. The van der Waals surface area contributed by atoms with Gasteiger partial charge in [0.25, 0.3) is 0 Å². The Morgan fingerprint density at radius 2 is 0.635 bits per heavy atom. The van der Waals surface area contributed by atoms with Gasteiger partial charge in [0.15, 0.2) is 49.2 Å². The van der Waals surface area contributed by atoms with Crippen LogP contribution in [0.1, 0.15) is 69.1 Å². The highest BCUT2D eigenvalue weighted by Gasteiger charge is 2.56. The molecule has 10 atom stereocenters. The van der Waals surface area contributed by atoms with Gasteiger partial charge in [-0.2, -0.15) is 0 Å². The first-order chi connectivity index (χ1) is 35.9. The second-order valence-electron chi connectivity index (χ2n) is 16.7. The van der Waals surface area contributed by atoms with Gasteiger partial charge in [0.05, 0.1) is 40.0 Å². The third-order valence-corrected chi connectivity index (χ3v) is 11.6. The molecule has 0 saturated carbocycles. The topological polar surface area (TPSA) is 232 Å². The summed E-state index contributed by atoms with van der Waals surface area (Å²) < 4.78 is 60.4. The Hall–Kier alpha value is -8.55. The quantitative estimate of drug-likeness (QED) is 0.0773. The van der Waals surface area contributed by atoms with E-state index in [1.807, 2.05) is 0 Å². The normalized spacial score (nSPS) is 23.2. The molecule has 6 aromatic rings. The van der Waals surface area contributed by atoms with Gasteiger partial charge in [0.2, 0.25) is 0 Å². The van der Waals surface area contributed by atoms with E-state index in [1.165, 1.54) is 72.8 Å². The molecule has 1 N–H and O–H groups in total. The van der Waals surface area contributed by atoms with Crippen molar-refractivity contribution < 1.29 is 86.0 Å². The van der Waals surface area contributed by atoms with Crippen LogP contribution in [0.3, 0.4) is 0 Å². The molecule has 0 amide bonds. The average molecular weight is 1010 g/mol. The summed E-state index contributed by atoms with van der Waals surface area (Å²) in [6.45, 7) is -0.309. The maximum Gasteiger partial charge on any atom is 0.338 e. The van der Waals surface area contributed by atoms with Crippen LogP contribution in [0.15, 0.2) is 182 Å². The van der Waals surface area contributed by atoms with Crippen molar-refractivity contribution in [3.63, 3.8) is 0 Å². The summed E-state index contributed by atoms with van der Waals surface area (Å²) in [5, 5.41) is 11.8. The van der Waals surface area contributed by atoms with E-state index in [2.05, 4.69) is 0 Å². The van der Waals surface area contributed by atoms with Crippen LogP contribution in [0.4, 0.5) is 0 Å². The van der Waals surface area contributed by atoms with Gasteiger partial charge in [0, 0.05) is 6.92 Å². The van der Waals surface area contributed by atoms with Crippen LogP contribution in [-0.2, 0) is 52.2 Å². The van der Waals surface area contributed by atoms with Crippen molar-refractivity contribution in [3.05, 3.63) is 215 Å². The number of aliphatic hydroxyl groups excluding tert-OH is 1. The zero-order valence-corrected chi connectivity index (χ0v) is 39.4. The van der Waals surface area contributed by atoms with Crippen molar-refractivity contribution in [2.75, 3.05) is 13.2 Å². The summed E-state index contributed by atoms with van der Waals surface area (Å²) in [5.74, 6) is -6.53. The zero-order chi connectivity index (χ0) is 52.0. The maximum absolute atomic E-state index is 14.1. The molecule has 6 aromatic carbocycles. The molecule has 8 rings (SSSR count). The molecule has 2 aliphatic rings. The molecular formula is C56H48O18. The largest absolute Gasteiger partial charge is 0.463 e. The van der Waals surface area contributed by atoms with Crippen molar-refractivity contribution in [2.24, 2.45) is 0 Å². The van der Waals surface area contributed by atoms with Crippen LogP contribution in [-0.4, -0.2) is 122 Å². The second kappa shape index (κ2) is 24.7. The molecule has 2 aliphatic heterocycles. The Morgan fingerprint density at radius 3 is 0.959 bits per heavy atom. The van der Waals surface area contributed by atoms with E-state index in [0.29, 0.717) is 0 Å². The van der Waals surface area contributed by atoms with E-state index in [1.54, 1.807) is 109 Å². The highest BCUT2D eigenvalue weighted by atomic mass is 16.7. The van der Waals surface area contributed by atoms with Gasteiger partial charge >= 0.3 is 41.8 Å². The van der Waals surface area contributed by atoms with Gasteiger partial charge in [-0.1, -0.05) is 109 Å². The zero-order valence-electron chi connectivity index (χ0n) is 39.4. The molecule has 380 valence electrons. The van der Waals surface area contributed by atoms with E-state index >= 15 is 0 Å². The van der Waals surface area contributed by atoms with Crippen LogP contribution < -0.4 is 0 Å². The summed E-state index contributed by atoms with van der Waals surface area (Å²) >= 11 is 0. The molecule has 2 heterocycles. The van der Waals surface area contributed by atoms with E-state index in [-0.39, 0.29) is 33.4 Å². The smallest absolute Gasteiger partial charge is 0.338 e. The number of hydrogen-bond donors (Lipinski definition) is 1. The lowest BCUT2D eigenvalue weighted by atomic mass is 9.96. The molecule has 74 heavy (non-hydrogen) atoms. The van der Waals surface area contributed by atoms with Crippen LogP contribution in [0.5, 0.6) is 0 Å². The van der Waals surface area contributed by atoms with Gasteiger partial charge in [-0.3, -0.25) is 4.79 Å². The molecule has 0 bridgehead atoms. The van der Waals surface area contributed by atoms with Crippen LogP contribution in [0.2, 0.25) is 0 Å².